The summed E-state index contributed by atoms with van der Waals surface area (Å²) in [4.78, 5) is 19.6. The molecule has 0 aliphatic rings. The average molecular weight is 528 g/mol. The summed E-state index contributed by atoms with van der Waals surface area (Å²) in [5.41, 5.74) is 7.74. The molecule has 0 aliphatic carbocycles. The lowest BCUT2D eigenvalue weighted by Gasteiger charge is -2.25. The van der Waals surface area contributed by atoms with E-state index in [9.17, 15) is 4.79 Å². The first-order valence-electron chi connectivity index (χ1n) is 14.2. The molecule has 0 atom stereocenters. The van der Waals surface area contributed by atoms with Crippen molar-refractivity contribution in [3.63, 3.8) is 0 Å². The van der Waals surface area contributed by atoms with E-state index in [0.717, 1.165) is 67.2 Å². The van der Waals surface area contributed by atoms with Crippen molar-refractivity contribution in [2.45, 2.75) is 52.9 Å². The van der Waals surface area contributed by atoms with E-state index in [1.54, 1.807) is 6.92 Å². The van der Waals surface area contributed by atoms with Crippen molar-refractivity contribution in [1.82, 2.24) is 14.5 Å². The van der Waals surface area contributed by atoms with Gasteiger partial charge in [-0.2, -0.15) is 0 Å². The van der Waals surface area contributed by atoms with E-state index in [1.165, 1.54) is 16.8 Å². The van der Waals surface area contributed by atoms with Gasteiger partial charge in [0.05, 0.1) is 11.4 Å². The number of ketones is 1. The van der Waals surface area contributed by atoms with Crippen LogP contribution >= 0.6 is 0 Å². The number of carbonyl (C=O) groups is 1. The van der Waals surface area contributed by atoms with Gasteiger partial charge in [0.25, 0.3) is 0 Å². The Morgan fingerprint density at radius 1 is 0.700 bits per heavy atom. The van der Waals surface area contributed by atoms with Gasteiger partial charge in [-0.05, 0) is 24.5 Å². The molecule has 1 heterocycles. The van der Waals surface area contributed by atoms with Gasteiger partial charge >= 0.3 is 0 Å². The quantitative estimate of drug-likeness (QED) is 0.153. The molecule has 4 nitrogen and oxygen atoms in total. The van der Waals surface area contributed by atoms with Crippen LogP contribution in [0.2, 0.25) is 0 Å². The number of aromatic nitrogens is 2. The summed E-state index contributed by atoms with van der Waals surface area (Å²) >= 11 is 0. The molecule has 0 radical (unpaired) electrons. The molecule has 0 saturated carbocycles. The number of nitrogens with zero attached hydrogens (tertiary/aromatic N) is 3. The number of carbonyl (C=O) groups excluding carboxylic acids is 1. The molecule has 0 aliphatic heterocycles. The number of Topliss-reactive ketones (excluding diaryl/α,β-unsaturated/α-hetero) is 1. The van der Waals surface area contributed by atoms with E-state index in [-0.39, 0.29) is 5.78 Å². The summed E-state index contributed by atoms with van der Waals surface area (Å²) in [6.45, 7) is 7.09. The topological polar surface area (TPSA) is 38.1 Å². The van der Waals surface area contributed by atoms with Crippen molar-refractivity contribution in [3.8, 4) is 22.6 Å². The minimum absolute atomic E-state index is 0.0912. The molecule has 0 amide bonds. The Labute approximate surface area is 238 Å². The predicted molar refractivity (Wildman–Crippen MR) is 164 cm³/mol. The summed E-state index contributed by atoms with van der Waals surface area (Å²) < 4.78 is 2.44. The number of benzene rings is 4. The van der Waals surface area contributed by atoms with Crippen LogP contribution in [0.1, 0.15) is 53.9 Å². The van der Waals surface area contributed by atoms with Crippen molar-refractivity contribution in [2.75, 3.05) is 0 Å². The van der Waals surface area contributed by atoms with Crippen LogP contribution < -0.4 is 0 Å². The first-order chi connectivity index (χ1) is 19.6. The number of hydrogen-bond donors (Lipinski definition) is 0. The van der Waals surface area contributed by atoms with Crippen LogP contribution in [-0.2, 0) is 26.2 Å². The first-order valence-corrected chi connectivity index (χ1v) is 14.2. The number of rotatable bonds is 12. The van der Waals surface area contributed by atoms with E-state index < -0.39 is 0 Å². The second-order valence-electron chi connectivity index (χ2n) is 10.4. The molecule has 40 heavy (non-hydrogen) atoms. The van der Waals surface area contributed by atoms with Crippen LogP contribution in [0.4, 0.5) is 0 Å². The maximum Gasteiger partial charge on any atom is 0.159 e. The summed E-state index contributed by atoms with van der Waals surface area (Å²) in [5.74, 6) is 1.11. The fraction of sp³-hybridized carbons (Fsp3) is 0.222. The third-order valence-electron chi connectivity index (χ3n) is 7.28. The lowest BCUT2D eigenvalue weighted by molar-refractivity contribution is 0.101. The summed E-state index contributed by atoms with van der Waals surface area (Å²) in [5, 5.41) is 0. The molecule has 0 unspecified atom stereocenters. The Kier molecular flexibility index (Phi) is 9.00. The van der Waals surface area contributed by atoms with Gasteiger partial charge in [0, 0.05) is 42.9 Å². The van der Waals surface area contributed by atoms with Gasteiger partial charge in [-0.15, -0.1) is 0 Å². The minimum Gasteiger partial charge on any atom is -0.326 e. The second-order valence-corrected chi connectivity index (χ2v) is 10.4. The van der Waals surface area contributed by atoms with E-state index in [4.69, 9.17) is 4.98 Å². The summed E-state index contributed by atoms with van der Waals surface area (Å²) in [7, 11) is 0. The van der Waals surface area contributed by atoms with E-state index in [0.29, 0.717) is 0 Å². The largest absolute Gasteiger partial charge is 0.326 e. The molecule has 0 saturated heterocycles. The van der Waals surface area contributed by atoms with Gasteiger partial charge < -0.3 is 4.57 Å². The molecule has 0 fully saturated rings. The normalized spacial score (nSPS) is 11.2. The number of unbranched alkanes of at least 4 members (excludes halogenated alkanes) is 1. The molecular formula is C36H37N3O. The number of imidazole rings is 1. The highest BCUT2D eigenvalue weighted by Crippen LogP contribution is 2.31. The third-order valence-corrected chi connectivity index (χ3v) is 7.28. The van der Waals surface area contributed by atoms with Gasteiger partial charge in [0.2, 0.25) is 0 Å². The molecule has 0 N–H and O–H groups in total. The zero-order valence-corrected chi connectivity index (χ0v) is 23.5. The van der Waals surface area contributed by atoms with Gasteiger partial charge in [-0.3, -0.25) is 9.69 Å². The van der Waals surface area contributed by atoms with E-state index >= 15 is 0 Å². The monoisotopic (exact) mass is 527 g/mol. The smallest absolute Gasteiger partial charge is 0.159 e. The lowest BCUT2D eigenvalue weighted by Crippen LogP contribution is -2.24. The van der Waals surface area contributed by atoms with Crippen molar-refractivity contribution in [3.05, 3.63) is 138 Å². The Hall–Kier alpha value is -4.28. The summed E-state index contributed by atoms with van der Waals surface area (Å²) in [6.07, 6.45) is 2.20. The van der Waals surface area contributed by atoms with Crippen LogP contribution in [-0.4, -0.2) is 20.2 Å². The lowest BCUT2D eigenvalue weighted by atomic mass is 10.1. The van der Waals surface area contributed by atoms with Crippen LogP contribution in [0, 0.1) is 0 Å². The van der Waals surface area contributed by atoms with Crippen LogP contribution in [0.15, 0.2) is 115 Å². The van der Waals surface area contributed by atoms with Crippen molar-refractivity contribution >= 4 is 5.78 Å². The van der Waals surface area contributed by atoms with Crippen LogP contribution in [0.25, 0.3) is 22.6 Å². The molecule has 4 aromatic carbocycles. The van der Waals surface area contributed by atoms with Gasteiger partial charge in [-0.25, -0.2) is 4.98 Å². The van der Waals surface area contributed by atoms with Crippen LogP contribution in [0.5, 0.6) is 0 Å². The Morgan fingerprint density at radius 3 is 1.82 bits per heavy atom. The highest BCUT2D eigenvalue weighted by Gasteiger charge is 2.22. The zero-order chi connectivity index (χ0) is 27.7. The molecule has 1 aromatic heterocycles. The van der Waals surface area contributed by atoms with Crippen LogP contribution in [0.3, 0.4) is 0 Å². The molecular weight excluding hydrogens is 490 g/mol. The summed E-state index contributed by atoms with van der Waals surface area (Å²) in [6, 6.07) is 39.8. The highest BCUT2D eigenvalue weighted by molar-refractivity contribution is 5.94. The minimum atomic E-state index is 0.0912. The van der Waals surface area contributed by atoms with Gasteiger partial charge in [0.1, 0.15) is 5.82 Å². The zero-order valence-electron chi connectivity index (χ0n) is 23.5. The van der Waals surface area contributed by atoms with Crippen molar-refractivity contribution in [1.29, 1.82) is 0 Å². The first kappa shape index (κ1) is 27.3. The van der Waals surface area contributed by atoms with Crippen molar-refractivity contribution < 1.29 is 4.79 Å². The number of hydrogen-bond acceptors (Lipinski definition) is 3. The predicted octanol–water partition coefficient (Wildman–Crippen LogP) is 8.42. The van der Waals surface area contributed by atoms with E-state index in [1.807, 2.05) is 12.1 Å². The fourth-order valence-electron chi connectivity index (χ4n) is 5.16. The SMILES string of the molecule is CCCCn1c(-c2ccccc2)nc(-c2ccccc2)c1CN(Cc1ccccc1)Cc1ccc(C(C)=O)cc1. The maximum absolute atomic E-state index is 11.9. The molecule has 0 bridgehead atoms. The second kappa shape index (κ2) is 13.2. The molecule has 5 rings (SSSR count). The Bertz CT molecular complexity index is 1510. The van der Waals surface area contributed by atoms with Gasteiger partial charge in [0.15, 0.2) is 5.78 Å². The average Bonchev–Trinajstić information content (AvgIpc) is 3.35. The third kappa shape index (κ3) is 6.64. The Morgan fingerprint density at radius 2 is 1.25 bits per heavy atom. The molecule has 202 valence electrons. The Balaban J connectivity index is 1.59. The standard InChI is InChI=1S/C36H37N3O/c1-3-4-24-39-34(35(32-16-10-6-11-17-32)37-36(39)33-18-12-7-13-19-33)27-38(25-29-14-8-5-9-15-29)26-30-20-22-31(23-21-30)28(2)40/h5-23H,3-4,24-27H2,1-2H3. The maximum atomic E-state index is 11.9. The highest BCUT2D eigenvalue weighted by atomic mass is 16.1. The molecule has 5 aromatic rings. The van der Waals surface area contributed by atoms with E-state index in [2.05, 4.69) is 120 Å². The molecule has 4 heteroatoms. The van der Waals surface area contributed by atoms with Crippen molar-refractivity contribution in [2.24, 2.45) is 0 Å². The fourth-order valence-corrected chi connectivity index (χ4v) is 5.16. The molecule has 0 spiro atoms. The van der Waals surface area contributed by atoms with Gasteiger partial charge in [-0.1, -0.05) is 129 Å².